The summed E-state index contributed by atoms with van der Waals surface area (Å²) in [5.74, 6) is 6.29. The van der Waals surface area contributed by atoms with E-state index in [1.807, 2.05) is 4.90 Å². The summed E-state index contributed by atoms with van der Waals surface area (Å²) < 4.78 is 16.3. The van der Waals surface area contributed by atoms with Crippen LogP contribution in [-0.2, 0) is 0 Å². The van der Waals surface area contributed by atoms with Crippen molar-refractivity contribution in [2.24, 2.45) is 11.8 Å². The zero-order valence-electron chi connectivity index (χ0n) is 14.4. The summed E-state index contributed by atoms with van der Waals surface area (Å²) >= 11 is 0. The molecule has 25 heavy (non-hydrogen) atoms. The molecule has 1 saturated carbocycles. The molecule has 2 N–H and O–H groups in total. The summed E-state index contributed by atoms with van der Waals surface area (Å²) in [6, 6.07) is 0. The van der Waals surface area contributed by atoms with Gasteiger partial charge in [-0.05, 0) is 37.0 Å². The Morgan fingerprint density at radius 2 is 2.00 bits per heavy atom. The van der Waals surface area contributed by atoms with Crippen LogP contribution in [-0.4, -0.2) is 27.2 Å². The molecule has 0 bridgehead atoms. The van der Waals surface area contributed by atoms with Crippen LogP contribution in [0, 0.1) is 17.7 Å². The number of nitrogens with zero attached hydrogens (tertiary/aromatic N) is 4. The van der Waals surface area contributed by atoms with Crippen molar-refractivity contribution in [3.63, 3.8) is 0 Å². The van der Waals surface area contributed by atoms with Gasteiger partial charge in [-0.15, -0.1) is 0 Å². The number of hydrogen-bond donors (Lipinski definition) is 1. The fourth-order valence-electron chi connectivity index (χ4n) is 3.68. The molecule has 1 saturated heterocycles. The van der Waals surface area contributed by atoms with E-state index in [4.69, 9.17) is 5.84 Å². The minimum atomic E-state index is -0.774. The Morgan fingerprint density at radius 1 is 1.28 bits per heavy atom. The number of fused-ring (bicyclic) bond motifs is 1. The Morgan fingerprint density at radius 3 is 2.60 bits per heavy atom. The average molecular weight is 347 g/mol. The number of nitrogen functional groups attached to an aromatic ring is 1. The average Bonchev–Trinajstić information content (AvgIpc) is 3.28. The van der Waals surface area contributed by atoms with Crippen molar-refractivity contribution in [1.82, 2.24) is 14.1 Å². The number of nitrogens with two attached hydrogens (primary N) is 1. The van der Waals surface area contributed by atoms with Crippen molar-refractivity contribution in [2.75, 3.05) is 23.8 Å². The van der Waals surface area contributed by atoms with E-state index >= 15 is 0 Å². The standard InChI is InChI=1S/C17H22FN5O2/c1-9(2)11-5-6-21(7-11)14-12(18)8-22-15(20-14)13(10-3-4-10)16(24)23(19)17(22)25/h8-11H,3-7,19H2,1-2H3. The molecule has 0 amide bonds. The molecular formula is C17H22FN5O2. The maximum atomic E-state index is 14.7. The largest absolute Gasteiger partial charge is 0.355 e. The van der Waals surface area contributed by atoms with Crippen LogP contribution in [0.2, 0.25) is 0 Å². The third-order valence-electron chi connectivity index (χ3n) is 5.45. The second kappa shape index (κ2) is 5.57. The number of halogens is 1. The van der Waals surface area contributed by atoms with Crippen molar-refractivity contribution >= 4 is 11.5 Å². The van der Waals surface area contributed by atoms with Crippen molar-refractivity contribution in [3.8, 4) is 0 Å². The van der Waals surface area contributed by atoms with Gasteiger partial charge in [-0.1, -0.05) is 13.8 Å². The van der Waals surface area contributed by atoms with Crippen molar-refractivity contribution in [3.05, 3.63) is 38.4 Å². The lowest BCUT2D eigenvalue weighted by molar-refractivity contribution is 0.422. The smallest absolute Gasteiger partial charge is 0.354 e. The van der Waals surface area contributed by atoms with Crippen molar-refractivity contribution < 1.29 is 4.39 Å². The van der Waals surface area contributed by atoms with Crippen LogP contribution in [0.4, 0.5) is 10.2 Å². The lowest BCUT2D eigenvalue weighted by Gasteiger charge is -2.20. The molecule has 1 unspecified atom stereocenters. The molecule has 3 heterocycles. The molecule has 7 nitrogen and oxygen atoms in total. The lowest BCUT2D eigenvalue weighted by atomic mass is 9.95. The molecule has 1 aliphatic heterocycles. The van der Waals surface area contributed by atoms with E-state index in [0.717, 1.165) is 42.9 Å². The Kier molecular flexibility index (Phi) is 3.59. The van der Waals surface area contributed by atoms with E-state index in [1.165, 1.54) is 0 Å². The molecule has 0 aromatic carbocycles. The Balaban J connectivity index is 1.89. The van der Waals surface area contributed by atoms with E-state index in [0.29, 0.717) is 22.1 Å². The first-order valence-electron chi connectivity index (χ1n) is 8.76. The number of aromatic nitrogens is 3. The normalized spacial score (nSPS) is 20.8. The maximum absolute atomic E-state index is 14.7. The van der Waals surface area contributed by atoms with Gasteiger partial charge in [0.05, 0.1) is 11.8 Å². The van der Waals surface area contributed by atoms with Gasteiger partial charge >= 0.3 is 5.69 Å². The summed E-state index contributed by atoms with van der Waals surface area (Å²) in [7, 11) is 0. The topological polar surface area (TPSA) is 85.6 Å². The molecule has 1 aliphatic carbocycles. The van der Waals surface area contributed by atoms with Crippen molar-refractivity contribution in [1.29, 1.82) is 0 Å². The predicted octanol–water partition coefficient (Wildman–Crippen LogP) is 1.07. The first-order chi connectivity index (χ1) is 11.9. The third-order valence-corrected chi connectivity index (χ3v) is 5.45. The van der Waals surface area contributed by atoms with Gasteiger partial charge in [-0.2, -0.15) is 4.68 Å². The van der Waals surface area contributed by atoms with Crippen molar-refractivity contribution in [2.45, 2.75) is 39.0 Å². The Bertz CT molecular complexity index is 960. The molecule has 8 heteroatoms. The summed E-state index contributed by atoms with van der Waals surface area (Å²) in [6.45, 7) is 5.77. The molecule has 4 rings (SSSR count). The van der Waals surface area contributed by atoms with E-state index in [1.54, 1.807) is 0 Å². The first-order valence-corrected chi connectivity index (χ1v) is 8.76. The third kappa shape index (κ3) is 2.51. The maximum Gasteiger partial charge on any atom is 0.355 e. The fraction of sp³-hybridized carbons (Fsp3) is 0.588. The van der Waals surface area contributed by atoms with E-state index in [-0.39, 0.29) is 17.4 Å². The second-order valence-electron chi connectivity index (χ2n) is 7.49. The number of anilines is 1. The SMILES string of the molecule is CC(C)C1CCN(c2nc3c(C4CC4)c(=O)n(N)c(=O)n3cc2F)C1. The lowest BCUT2D eigenvalue weighted by Crippen LogP contribution is -2.44. The zero-order valence-corrected chi connectivity index (χ0v) is 14.4. The molecule has 0 radical (unpaired) electrons. The minimum Gasteiger partial charge on any atom is -0.354 e. The molecule has 1 atom stereocenters. The second-order valence-corrected chi connectivity index (χ2v) is 7.49. The minimum absolute atomic E-state index is 0.0469. The Labute approximate surface area is 143 Å². The molecular weight excluding hydrogens is 325 g/mol. The highest BCUT2D eigenvalue weighted by Crippen LogP contribution is 2.40. The van der Waals surface area contributed by atoms with E-state index < -0.39 is 17.1 Å². The van der Waals surface area contributed by atoms with Gasteiger partial charge in [0.2, 0.25) is 0 Å². The molecule has 0 spiro atoms. The highest BCUT2D eigenvalue weighted by molar-refractivity contribution is 5.56. The van der Waals surface area contributed by atoms with Crippen LogP contribution >= 0.6 is 0 Å². The van der Waals surface area contributed by atoms with Gasteiger partial charge in [0.15, 0.2) is 17.3 Å². The molecule has 2 aromatic rings. The molecule has 134 valence electrons. The van der Waals surface area contributed by atoms with Gasteiger partial charge in [-0.25, -0.2) is 18.6 Å². The first kappa shape index (κ1) is 16.1. The van der Waals surface area contributed by atoms with Crippen LogP contribution < -0.4 is 22.0 Å². The van der Waals surface area contributed by atoms with Gasteiger partial charge < -0.3 is 10.7 Å². The highest BCUT2D eigenvalue weighted by atomic mass is 19.1. The fourth-order valence-corrected chi connectivity index (χ4v) is 3.68. The summed E-state index contributed by atoms with van der Waals surface area (Å²) in [5.41, 5.74) is -0.644. The molecule has 2 aliphatic rings. The molecule has 2 aromatic heterocycles. The summed E-state index contributed by atoms with van der Waals surface area (Å²) in [4.78, 5) is 31.0. The van der Waals surface area contributed by atoms with Gasteiger partial charge in [-0.3, -0.25) is 4.79 Å². The monoisotopic (exact) mass is 347 g/mol. The van der Waals surface area contributed by atoms with E-state index in [9.17, 15) is 14.0 Å². The van der Waals surface area contributed by atoms with Crippen LogP contribution in [0.5, 0.6) is 0 Å². The van der Waals surface area contributed by atoms with Crippen LogP contribution in [0.15, 0.2) is 15.8 Å². The predicted molar refractivity (Wildman–Crippen MR) is 93.0 cm³/mol. The summed E-state index contributed by atoms with van der Waals surface area (Å²) in [5, 5.41) is 0. The van der Waals surface area contributed by atoms with Gasteiger partial charge in [0, 0.05) is 13.1 Å². The number of rotatable bonds is 3. The van der Waals surface area contributed by atoms with Gasteiger partial charge in [0.25, 0.3) is 5.56 Å². The molecule has 2 fully saturated rings. The zero-order chi connectivity index (χ0) is 17.9. The van der Waals surface area contributed by atoms with Crippen LogP contribution in [0.25, 0.3) is 5.65 Å². The van der Waals surface area contributed by atoms with Crippen LogP contribution in [0.3, 0.4) is 0 Å². The Hall–Kier alpha value is -2.38. The summed E-state index contributed by atoms with van der Waals surface area (Å²) in [6.07, 6.45) is 3.81. The van der Waals surface area contributed by atoms with Gasteiger partial charge in [0.1, 0.15) is 0 Å². The number of hydrogen-bond acceptors (Lipinski definition) is 5. The van der Waals surface area contributed by atoms with E-state index in [2.05, 4.69) is 18.8 Å². The quantitative estimate of drug-likeness (QED) is 0.840. The highest BCUT2D eigenvalue weighted by Gasteiger charge is 2.33. The van der Waals surface area contributed by atoms with Crippen LogP contribution in [0.1, 0.15) is 44.6 Å².